The maximum absolute atomic E-state index is 12.9. The second kappa shape index (κ2) is 9.87. The Morgan fingerprint density at radius 2 is 1.79 bits per heavy atom. The quantitative estimate of drug-likeness (QED) is 0.569. The van der Waals surface area contributed by atoms with E-state index in [1.54, 1.807) is 4.90 Å². The Hall–Kier alpha value is -3.15. The van der Waals surface area contributed by atoms with E-state index in [1.807, 2.05) is 73.1 Å². The minimum absolute atomic E-state index is 0.0394. The second-order valence-corrected chi connectivity index (χ2v) is 7.15. The van der Waals surface area contributed by atoms with E-state index >= 15 is 0 Å². The van der Waals surface area contributed by atoms with Crippen molar-refractivity contribution in [3.05, 3.63) is 66.0 Å². The number of fused-ring (bicyclic) bond motifs is 1. The van der Waals surface area contributed by atoms with Crippen LogP contribution in [0.25, 0.3) is 11.0 Å². The lowest BCUT2D eigenvalue weighted by Crippen LogP contribution is -2.30. The summed E-state index contributed by atoms with van der Waals surface area (Å²) < 4.78 is 2.00. The molecule has 0 atom stereocenters. The first-order chi connectivity index (χ1) is 14.1. The molecule has 0 unspecified atom stereocenters. The van der Waals surface area contributed by atoms with Crippen molar-refractivity contribution in [2.45, 2.75) is 39.3 Å². The fraction of sp³-hybridized carbons (Fsp3) is 0.348. The number of para-hydroxylation sites is 2. The van der Waals surface area contributed by atoms with Gasteiger partial charge in [0.1, 0.15) is 12.4 Å². The van der Waals surface area contributed by atoms with Crippen molar-refractivity contribution < 1.29 is 9.59 Å². The number of aryl methyl sites for hydroxylation is 1. The van der Waals surface area contributed by atoms with Gasteiger partial charge in [-0.05, 0) is 24.1 Å². The van der Waals surface area contributed by atoms with Crippen LogP contribution < -0.4 is 5.32 Å². The van der Waals surface area contributed by atoms with Crippen LogP contribution in [0.3, 0.4) is 0 Å². The van der Waals surface area contributed by atoms with E-state index in [1.165, 1.54) is 0 Å². The van der Waals surface area contributed by atoms with Crippen molar-refractivity contribution in [1.29, 1.82) is 0 Å². The first-order valence-electron chi connectivity index (χ1n) is 10.1. The number of hydrogen-bond acceptors (Lipinski definition) is 3. The first kappa shape index (κ1) is 20.6. The van der Waals surface area contributed by atoms with Crippen molar-refractivity contribution in [3.63, 3.8) is 0 Å². The standard InChI is InChI=1S/C23H28N4O2/c1-3-22(28)24-15-9-14-21-25-19-12-7-8-13-20(19)27(21)17-23(29)26(2)16-18-10-5-4-6-11-18/h4-8,10-13H,3,9,14-17H2,1-2H3,(H,24,28). The molecule has 1 aromatic heterocycles. The molecule has 0 saturated carbocycles. The molecule has 0 fully saturated rings. The summed E-state index contributed by atoms with van der Waals surface area (Å²) in [6.07, 6.45) is 1.97. The van der Waals surface area contributed by atoms with Crippen LogP contribution in [0.2, 0.25) is 0 Å². The zero-order valence-corrected chi connectivity index (χ0v) is 17.1. The Kier molecular flexibility index (Phi) is 7.00. The van der Waals surface area contributed by atoms with Gasteiger partial charge in [0.05, 0.1) is 11.0 Å². The number of rotatable bonds is 9. The molecule has 6 heteroatoms. The minimum Gasteiger partial charge on any atom is -0.356 e. The van der Waals surface area contributed by atoms with Crippen molar-refractivity contribution in [2.24, 2.45) is 0 Å². The number of imidazole rings is 1. The van der Waals surface area contributed by atoms with Gasteiger partial charge in [0.25, 0.3) is 0 Å². The van der Waals surface area contributed by atoms with Crippen LogP contribution in [0, 0.1) is 0 Å². The third-order valence-electron chi connectivity index (χ3n) is 4.94. The Morgan fingerprint density at radius 1 is 1.07 bits per heavy atom. The van der Waals surface area contributed by atoms with Gasteiger partial charge < -0.3 is 14.8 Å². The van der Waals surface area contributed by atoms with Crippen LogP contribution in [-0.4, -0.2) is 39.9 Å². The average Bonchev–Trinajstić information content (AvgIpc) is 3.09. The Balaban J connectivity index is 1.71. The van der Waals surface area contributed by atoms with Gasteiger partial charge in [-0.3, -0.25) is 9.59 Å². The monoisotopic (exact) mass is 392 g/mol. The number of hydrogen-bond donors (Lipinski definition) is 1. The van der Waals surface area contributed by atoms with E-state index in [0.29, 0.717) is 25.9 Å². The molecular formula is C23H28N4O2. The highest BCUT2D eigenvalue weighted by Gasteiger charge is 2.16. The van der Waals surface area contributed by atoms with Gasteiger partial charge in [-0.1, -0.05) is 49.4 Å². The fourth-order valence-electron chi connectivity index (χ4n) is 3.29. The highest BCUT2D eigenvalue weighted by Crippen LogP contribution is 2.18. The van der Waals surface area contributed by atoms with Gasteiger partial charge in [-0.2, -0.15) is 0 Å². The molecule has 0 aliphatic rings. The Labute approximate surface area is 171 Å². The van der Waals surface area contributed by atoms with Crippen molar-refractivity contribution in [1.82, 2.24) is 19.8 Å². The normalized spacial score (nSPS) is 10.8. The summed E-state index contributed by atoms with van der Waals surface area (Å²) in [5, 5.41) is 2.89. The molecule has 29 heavy (non-hydrogen) atoms. The van der Waals surface area contributed by atoms with E-state index in [-0.39, 0.29) is 18.4 Å². The van der Waals surface area contributed by atoms with Crippen LogP contribution in [0.5, 0.6) is 0 Å². The largest absolute Gasteiger partial charge is 0.356 e. The molecular weight excluding hydrogens is 364 g/mol. The number of aromatic nitrogens is 2. The molecule has 0 saturated heterocycles. The van der Waals surface area contributed by atoms with E-state index < -0.39 is 0 Å². The molecule has 1 N–H and O–H groups in total. The fourth-order valence-corrected chi connectivity index (χ4v) is 3.29. The molecule has 3 aromatic rings. The summed E-state index contributed by atoms with van der Waals surface area (Å²) in [4.78, 5) is 30.8. The highest BCUT2D eigenvalue weighted by molar-refractivity contribution is 5.81. The predicted octanol–water partition coefficient (Wildman–Crippen LogP) is 3.15. The SMILES string of the molecule is CCC(=O)NCCCc1nc2ccccc2n1CC(=O)N(C)Cc1ccccc1. The van der Waals surface area contributed by atoms with Gasteiger partial charge in [0, 0.05) is 33.0 Å². The molecule has 1 heterocycles. The summed E-state index contributed by atoms with van der Waals surface area (Å²) in [7, 11) is 1.83. The topological polar surface area (TPSA) is 67.2 Å². The molecule has 2 aromatic carbocycles. The molecule has 0 aliphatic heterocycles. The third-order valence-corrected chi connectivity index (χ3v) is 4.94. The molecule has 3 rings (SSSR count). The van der Waals surface area contributed by atoms with Crippen molar-refractivity contribution in [3.8, 4) is 0 Å². The lowest BCUT2D eigenvalue weighted by Gasteiger charge is -2.19. The van der Waals surface area contributed by atoms with E-state index in [4.69, 9.17) is 4.98 Å². The summed E-state index contributed by atoms with van der Waals surface area (Å²) in [5.41, 5.74) is 2.95. The maximum Gasteiger partial charge on any atom is 0.242 e. The van der Waals surface area contributed by atoms with Crippen LogP contribution in [0.4, 0.5) is 0 Å². The van der Waals surface area contributed by atoms with Crippen molar-refractivity contribution in [2.75, 3.05) is 13.6 Å². The van der Waals surface area contributed by atoms with Crippen LogP contribution >= 0.6 is 0 Å². The summed E-state index contributed by atoms with van der Waals surface area (Å²) in [6, 6.07) is 17.8. The van der Waals surface area contributed by atoms with Crippen LogP contribution in [0.15, 0.2) is 54.6 Å². The zero-order chi connectivity index (χ0) is 20.6. The number of carbonyl (C=O) groups excluding carboxylic acids is 2. The minimum atomic E-state index is 0.0394. The summed E-state index contributed by atoms with van der Waals surface area (Å²) in [6.45, 7) is 3.27. The smallest absolute Gasteiger partial charge is 0.242 e. The molecule has 152 valence electrons. The van der Waals surface area contributed by atoms with Gasteiger partial charge in [-0.25, -0.2) is 4.98 Å². The van der Waals surface area contributed by atoms with Gasteiger partial charge in [0.15, 0.2) is 0 Å². The van der Waals surface area contributed by atoms with Gasteiger partial charge >= 0.3 is 0 Å². The number of benzene rings is 2. The molecule has 6 nitrogen and oxygen atoms in total. The Bertz CT molecular complexity index is 965. The lowest BCUT2D eigenvalue weighted by atomic mass is 10.2. The summed E-state index contributed by atoms with van der Waals surface area (Å²) >= 11 is 0. The number of carbonyl (C=O) groups is 2. The van der Waals surface area contributed by atoms with Crippen LogP contribution in [-0.2, 0) is 29.1 Å². The van der Waals surface area contributed by atoms with E-state index in [2.05, 4.69) is 5.32 Å². The third kappa shape index (κ3) is 5.44. The zero-order valence-electron chi connectivity index (χ0n) is 17.1. The van der Waals surface area contributed by atoms with E-state index in [9.17, 15) is 9.59 Å². The Morgan fingerprint density at radius 3 is 2.55 bits per heavy atom. The van der Waals surface area contributed by atoms with Gasteiger partial charge in [-0.15, -0.1) is 0 Å². The number of nitrogens with zero attached hydrogens (tertiary/aromatic N) is 3. The lowest BCUT2D eigenvalue weighted by molar-refractivity contribution is -0.131. The molecule has 0 radical (unpaired) electrons. The highest BCUT2D eigenvalue weighted by atomic mass is 16.2. The number of likely N-dealkylation sites (N-methyl/N-ethyl adjacent to an activating group) is 1. The average molecular weight is 393 g/mol. The molecule has 2 amide bonds. The first-order valence-corrected chi connectivity index (χ1v) is 10.1. The second-order valence-electron chi connectivity index (χ2n) is 7.15. The molecule has 0 aliphatic carbocycles. The number of nitrogens with one attached hydrogen (secondary N) is 1. The molecule has 0 bridgehead atoms. The predicted molar refractivity (Wildman–Crippen MR) is 114 cm³/mol. The van der Waals surface area contributed by atoms with Crippen molar-refractivity contribution >= 4 is 22.8 Å². The molecule has 0 spiro atoms. The summed E-state index contributed by atoms with van der Waals surface area (Å²) in [5.74, 6) is 0.965. The van der Waals surface area contributed by atoms with E-state index in [0.717, 1.165) is 28.8 Å². The van der Waals surface area contributed by atoms with Crippen LogP contribution in [0.1, 0.15) is 31.2 Å². The maximum atomic E-state index is 12.9. The van der Waals surface area contributed by atoms with Gasteiger partial charge in [0.2, 0.25) is 11.8 Å². The number of amides is 2.